The fraction of sp³-hybridized carbons (Fsp3) is 0.450. The normalized spacial score (nSPS) is 16.0. The highest BCUT2D eigenvalue weighted by Crippen LogP contribution is 2.23. The lowest BCUT2D eigenvalue weighted by Crippen LogP contribution is -2.44. The molecule has 2 heterocycles. The Kier molecular flexibility index (Phi) is 6.30. The summed E-state index contributed by atoms with van der Waals surface area (Å²) in [5, 5.41) is 13.1. The monoisotopic (exact) mass is 387 g/mol. The van der Waals surface area contributed by atoms with Crippen LogP contribution in [0, 0.1) is 0 Å². The number of nitrogens with zero attached hydrogens (tertiary/aromatic N) is 3. The summed E-state index contributed by atoms with van der Waals surface area (Å²) < 4.78 is 12.6. The van der Waals surface area contributed by atoms with Gasteiger partial charge in [0.1, 0.15) is 11.9 Å². The SMILES string of the molecule is COc1cccc(COC(C)C(=O)N2CCC(n3cc(C(=O)O)cn3)CC2)c1. The molecule has 1 aliphatic heterocycles. The van der Waals surface area contributed by atoms with Gasteiger partial charge in [0, 0.05) is 19.3 Å². The molecule has 1 amide bonds. The van der Waals surface area contributed by atoms with Gasteiger partial charge >= 0.3 is 5.97 Å². The number of carbonyl (C=O) groups is 2. The van der Waals surface area contributed by atoms with Crippen molar-refractivity contribution in [1.29, 1.82) is 0 Å². The number of carboxylic acids is 1. The van der Waals surface area contributed by atoms with Crippen LogP contribution in [0.1, 0.15) is 41.7 Å². The Labute approximate surface area is 163 Å². The first-order valence-electron chi connectivity index (χ1n) is 9.28. The Morgan fingerprint density at radius 3 is 2.71 bits per heavy atom. The molecule has 3 rings (SSSR count). The van der Waals surface area contributed by atoms with Gasteiger partial charge in [0.25, 0.3) is 5.91 Å². The summed E-state index contributed by atoms with van der Waals surface area (Å²) in [6.07, 6.45) is 3.83. The Bertz CT molecular complexity index is 827. The number of amides is 1. The van der Waals surface area contributed by atoms with Crippen molar-refractivity contribution in [2.45, 2.75) is 38.5 Å². The lowest BCUT2D eigenvalue weighted by Gasteiger charge is -2.33. The van der Waals surface area contributed by atoms with E-state index < -0.39 is 12.1 Å². The Morgan fingerprint density at radius 2 is 2.07 bits per heavy atom. The zero-order chi connectivity index (χ0) is 20.1. The topological polar surface area (TPSA) is 93.9 Å². The Balaban J connectivity index is 1.49. The van der Waals surface area contributed by atoms with Crippen molar-refractivity contribution in [3.05, 3.63) is 47.8 Å². The van der Waals surface area contributed by atoms with Gasteiger partial charge in [-0.3, -0.25) is 9.48 Å². The maximum absolute atomic E-state index is 12.7. The molecule has 8 heteroatoms. The summed E-state index contributed by atoms with van der Waals surface area (Å²) in [4.78, 5) is 25.4. The van der Waals surface area contributed by atoms with Crippen LogP contribution in [0.15, 0.2) is 36.7 Å². The second kappa shape index (κ2) is 8.88. The van der Waals surface area contributed by atoms with E-state index >= 15 is 0 Å². The highest BCUT2D eigenvalue weighted by atomic mass is 16.5. The summed E-state index contributed by atoms with van der Waals surface area (Å²) in [6, 6.07) is 7.67. The van der Waals surface area contributed by atoms with Gasteiger partial charge in [-0.2, -0.15) is 5.10 Å². The molecule has 0 spiro atoms. The molecule has 2 aromatic rings. The number of carboxylic acid groups (broad SMARTS) is 1. The molecule has 1 aromatic heterocycles. The van der Waals surface area contributed by atoms with Gasteiger partial charge in [-0.05, 0) is 37.5 Å². The molecule has 0 saturated carbocycles. The number of hydrogen-bond acceptors (Lipinski definition) is 5. The molecule has 28 heavy (non-hydrogen) atoms. The molecule has 1 saturated heterocycles. The van der Waals surface area contributed by atoms with E-state index in [0.29, 0.717) is 19.7 Å². The summed E-state index contributed by atoms with van der Waals surface area (Å²) in [6.45, 7) is 3.30. The first kappa shape index (κ1) is 19.9. The fourth-order valence-corrected chi connectivity index (χ4v) is 3.31. The predicted molar refractivity (Wildman–Crippen MR) is 101 cm³/mol. The minimum absolute atomic E-state index is 0.0342. The third-order valence-electron chi connectivity index (χ3n) is 4.98. The van der Waals surface area contributed by atoms with E-state index in [0.717, 1.165) is 24.2 Å². The number of benzene rings is 1. The second-order valence-corrected chi connectivity index (χ2v) is 6.88. The van der Waals surface area contributed by atoms with Gasteiger partial charge in [-0.1, -0.05) is 12.1 Å². The molecule has 1 aromatic carbocycles. The molecule has 1 unspecified atom stereocenters. The zero-order valence-electron chi connectivity index (χ0n) is 16.1. The molecule has 0 aliphatic carbocycles. The molecule has 1 aliphatic rings. The van der Waals surface area contributed by atoms with E-state index in [2.05, 4.69) is 5.10 Å². The minimum atomic E-state index is -0.985. The number of methoxy groups -OCH3 is 1. The first-order valence-corrected chi connectivity index (χ1v) is 9.28. The van der Waals surface area contributed by atoms with E-state index in [-0.39, 0.29) is 17.5 Å². The summed E-state index contributed by atoms with van der Waals surface area (Å²) in [5.41, 5.74) is 1.13. The van der Waals surface area contributed by atoms with Crippen LogP contribution in [0.4, 0.5) is 0 Å². The van der Waals surface area contributed by atoms with E-state index in [1.165, 1.54) is 6.20 Å². The standard InChI is InChI=1S/C20H25N3O5/c1-14(28-13-15-4-3-5-18(10-15)27-2)19(24)22-8-6-17(7-9-22)23-12-16(11-21-23)20(25)26/h3-5,10-12,14,17H,6-9,13H2,1-2H3,(H,25,26). The van der Waals surface area contributed by atoms with Crippen molar-refractivity contribution in [2.75, 3.05) is 20.2 Å². The van der Waals surface area contributed by atoms with E-state index in [9.17, 15) is 9.59 Å². The largest absolute Gasteiger partial charge is 0.497 e. The van der Waals surface area contributed by atoms with Crippen LogP contribution in [0.25, 0.3) is 0 Å². The molecule has 0 radical (unpaired) electrons. The van der Waals surface area contributed by atoms with Gasteiger partial charge < -0.3 is 19.5 Å². The Hall–Kier alpha value is -2.87. The van der Waals surface area contributed by atoms with Gasteiger partial charge in [0.2, 0.25) is 0 Å². The lowest BCUT2D eigenvalue weighted by atomic mass is 10.0. The van der Waals surface area contributed by atoms with Crippen LogP contribution in [-0.4, -0.2) is 58.0 Å². The van der Waals surface area contributed by atoms with Crippen molar-refractivity contribution < 1.29 is 24.2 Å². The molecule has 8 nitrogen and oxygen atoms in total. The molecule has 1 atom stereocenters. The molecular weight excluding hydrogens is 362 g/mol. The van der Waals surface area contributed by atoms with Crippen LogP contribution in [0.3, 0.4) is 0 Å². The van der Waals surface area contributed by atoms with Crippen LogP contribution < -0.4 is 4.74 Å². The number of aromatic carboxylic acids is 1. The number of piperidine rings is 1. The van der Waals surface area contributed by atoms with Gasteiger partial charge in [0.15, 0.2) is 0 Å². The maximum atomic E-state index is 12.7. The fourth-order valence-electron chi connectivity index (χ4n) is 3.31. The smallest absolute Gasteiger partial charge is 0.338 e. The van der Waals surface area contributed by atoms with Crippen LogP contribution in [-0.2, 0) is 16.1 Å². The van der Waals surface area contributed by atoms with E-state index in [1.807, 2.05) is 24.3 Å². The van der Waals surface area contributed by atoms with Gasteiger partial charge in [-0.25, -0.2) is 4.79 Å². The van der Waals surface area contributed by atoms with Crippen molar-refractivity contribution >= 4 is 11.9 Å². The molecule has 150 valence electrons. The maximum Gasteiger partial charge on any atom is 0.338 e. The average Bonchev–Trinajstić information content (AvgIpc) is 3.22. The second-order valence-electron chi connectivity index (χ2n) is 6.88. The first-order chi connectivity index (χ1) is 13.5. The van der Waals surface area contributed by atoms with Crippen molar-refractivity contribution in [3.8, 4) is 5.75 Å². The molecule has 1 fully saturated rings. The Morgan fingerprint density at radius 1 is 1.32 bits per heavy atom. The predicted octanol–water partition coefficient (Wildman–Crippen LogP) is 2.36. The number of hydrogen-bond donors (Lipinski definition) is 1. The van der Waals surface area contributed by atoms with Crippen molar-refractivity contribution in [2.24, 2.45) is 0 Å². The third kappa shape index (κ3) is 4.69. The third-order valence-corrected chi connectivity index (χ3v) is 4.98. The molecular formula is C20H25N3O5. The summed E-state index contributed by atoms with van der Waals surface area (Å²) >= 11 is 0. The highest BCUT2D eigenvalue weighted by molar-refractivity contribution is 5.86. The highest BCUT2D eigenvalue weighted by Gasteiger charge is 2.27. The van der Waals surface area contributed by atoms with E-state index in [1.54, 1.807) is 29.8 Å². The number of carbonyl (C=O) groups excluding carboxylic acids is 1. The molecule has 1 N–H and O–H groups in total. The quantitative estimate of drug-likeness (QED) is 0.784. The van der Waals surface area contributed by atoms with Crippen molar-refractivity contribution in [1.82, 2.24) is 14.7 Å². The molecule has 0 bridgehead atoms. The lowest BCUT2D eigenvalue weighted by molar-refractivity contribution is -0.144. The van der Waals surface area contributed by atoms with Crippen LogP contribution >= 0.6 is 0 Å². The average molecular weight is 387 g/mol. The number of rotatable bonds is 7. The summed E-state index contributed by atoms with van der Waals surface area (Å²) in [5.74, 6) is -0.263. The van der Waals surface area contributed by atoms with Crippen molar-refractivity contribution in [3.63, 3.8) is 0 Å². The van der Waals surface area contributed by atoms with Crippen LogP contribution in [0.5, 0.6) is 5.75 Å². The summed E-state index contributed by atoms with van der Waals surface area (Å²) in [7, 11) is 1.61. The zero-order valence-corrected chi connectivity index (χ0v) is 16.1. The van der Waals surface area contributed by atoms with Crippen LogP contribution in [0.2, 0.25) is 0 Å². The van der Waals surface area contributed by atoms with Gasteiger partial charge in [-0.15, -0.1) is 0 Å². The number of likely N-dealkylation sites (tertiary alicyclic amines) is 1. The number of ether oxygens (including phenoxy) is 2. The van der Waals surface area contributed by atoms with Gasteiger partial charge in [0.05, 0.1) is 31.5 Å². The van der Waals surface area contributed by atoms with E-state index in [4.69, 9.17) is 14.6 Å². The minimum Gasteiger partial charge on any atom is -0.497 e. The number of aromatic nitrogens is 2.